The van der Waals surface area contributed by atoms with Crippen molar-refractivity contribution in [3.05, 3.63) is 68.1 Å². The summed E-state index contributed by atoms with van der Waals surface area (Å²) in [4.78, 5) is 12.1. The normalized spacial score (nSPS) is 10.4. The summed E-state index contributed by atoms with van der Waals surface area (Å²) < 4.78 is 26.7. The van der Waals surface area contributed by atoms with Crippen LogP contribution in [0.15, 0.2) is 45.3 Å². The largest absolute Gasteiger partial charge is 0.289 e. The summed E-state index contributed by atoms with van der Waals surface area (Å²) >= 11 is 6.04. The van der Waals surface area contributed by atoms with Gasteiger partial charge in [0, 0.05) is 11.1 Å². The quantitative estimate of drug-likeness (QED) is 0.694. The van der Waals surface area contributed by atoms with E-state index in [-0.39, 0.29) is 25.9 Å². The van der Waals surface area contributed by atoms with Crippen LogP contribution in [0.2, 0.25) is 0 Å². The molecule has 0 aliphatic rings. The van der Waals surface area contributed by atoms with Gasteiger partial charge in [0.1, 0.15) is 11.6 Å². The van der Waals surface area contributed by atoms with Gasteiger partial charge in [0.05, 0.1) is 8.95 Å². The van der Waals surface area contributed by atoms with Gasteiger partial charge in [0.15, 0.2) is 5.78 Å². The van der Waals surface area contributed by atoms with E-state index in [1.807, 2.05) is 0 Å². The number of hydrogen-bond donors (Lipinski definition) is 0. The first-order valence-corrected chi connectivity index (χ1v) is 6.53. The molecule has 0 aliphatic carbocycles. The van der Waals surface area contributed by atoms with E-state index in [1.54, 1.807) is 0 Å². The third-order valence-electron chi connectivity index (χ3n) is 2.38. The summed E-state index contributed by atoms with van der Waals surface area (Å²) in [6.07, 6.45) is 0. The van der Waals surface area contributed by atoms with Crippen molar-refractivity contribution in [2.24, 2.45) is 0 Å². The van der Waals surface area contributed by atoms with Crippen LogP contribution in [0.1, 0.15) is 15.9 Å². The molecule has 0 aromatic heterocycles. The number of ketones is 1. The number of rotatable bonds is 2. The van der Waals surface area contributed by atoms with E-state index in [9.17, 15) is 13.6 Å². The van der Waals surface area contributed by atoms with Crippen molar-refractivity contribution >= 4 is 37.6 Å². The predicted octanol–water partition coefficient (Wildman–Crippen LogP) is 4.72. The lowest BCUT2D eigenvalue weighted by molar-refractivity contribution is 0.103. The number of carbonyl (C=O) groups is 1. The molecule has 0 saturated heterocycles. The van der Waals surface area contributed by atoms with Crippen LogP contribution in [0.4, 0.5) is 8.78 Å². The minimum atomic E-state index is -0.512. The van der Waals surface area contributed by atoms with Crippen molar-refractivity contribution in [1.29, 1.82) is 0 Å². The maximum Gasteiger partial charge on any atom is 0.194 e. The van der Waals surface area contributed by atoms with E-state index in [2.05, 4.69) is 31.9 Å². The molecule has 0 N–H and O–H groups in total. The zero-order valence-electron chi connectivity index (χ0n) is 8.88. The summed E-state index contributed by atoms with van der Waals surface area (Å²) in [7, 11) is 0. The minimum Gasteiger partial charge on any atom is -0.289 e. The smallest absolute Gasteiger partial charge is 0.194 e. The van der Waals surface area contributed by atoms with Gasteiger partial charge in [-0.15, -0.1) is 0 Å². The Labute approximate surface area is 119 Å². The van der Waals surface area contributed by atoms with Crippen LogP contribution in [0.5, 0.6) is 0 Å². The number of benzene rings is 2. The second kappa shape index (κ2) is 5.28. The van der Waals surface area contributed by atoms with Crippen molar-refractivity contribution in [1.82, 2.24) is 0 Å². The Bertz CT molecular complexity index is 626. The highest BCUT2D eigenvalue weighted by atomic mass is 79.9. The predicted molar refractivity (Wildman–Crippen MR) is 71.6 cm³/mol. The van der Waals surface area contributed by atoms with Gasteiger partial charge in [-0.05, 0) is 62.2 Å². The molecule has 0 saturated carbocycles. The molecule has 2 aromatic carbocycles. The zero-order valence-corrected chi connectivity index (χ0v) is 12.1. The fourth-order valence-electron chi connectivity index (χ4n) is 1.47. The Morgan fingerprint density at radius 1 is 1.00 bits per heavy atom. The Hall–Kier alpha value is -1.07. The van der Waals surface area contributed by atoms with E-state index in [4.69, 9.17) is 0 Å². The minimum absolute atomic E-state index is 0.107. The van der Waals surface area contributed by atoms with E-state index < -0.39 is 11.6 Å². The second-order valence-electron chi connectivity index (χ2n) is 3.56. The van der Waals surface area contributed by atoms with Gasteiger partial charge in [-0.25, -0.2) is 8.78 Å². The van der Waals surface area contributed by atoms with Crippen molar-refractivity contribution in [3.63, 3.8) is 0 Å². The summed E-state index contributed by atoms with van der Waals surface area (Å²) in [5, 5.41) is 0. The fourth-order valence-corrected chi connectivity index (χ4v) is 2.30. The molecule has 0 aliphatic heterocycles. The number of carbonyl (C=O) groups excluding carboxylic acids is 1. The van der Waals surface area contributed by atoms with Gasteiger partial charge in [-0.3, -0.25) is 4.79 Å². The maximum absolute atomic E-state index is 13.3. The number of halogens is 4. The molecule has 0 bridgehead atoms. The highest BCUT2D eigenvalue weighted by molar-refractivity contribution is 9.10. The lowest BCUT2D eigenvalue weighted by Crippen LogP contribution is -2.03. The molecule has 2 aromatic rings. The first-order valence-electron chi connectivity index (χ1n) is 4.94. The Morgan fingerprint density at radius 2 is 1.72 bits per heavy atom. The fraction of sp³-hybridized carbons (Fsp3) is 0. The summed E-state index contributed by atoms with van der Waals surface area (Å²) in [6, 6.07) is 8.12. The SMILES string of the molecule is O=C(c1ccc(F)c(Br)c1)c1cccc(F)c1Br. The molecule has 5 heteroatoms. The third kappa shape index (κ3) is 2.52. The Balaban J connectivity index is 2.48. The highest BCUT2D eigenvalue weighted by Crippen LogP contribution is 2.25. The van der Waals surface area contributed by atoms with Crippen LogP contribution >= 0.6 is 31.9 Å². The van der Waals surface area contributed by atoms with Gasteiger partial charge < -0.3 is 0 Å². The molecule has 92 valence electrons. The van der Waals surface area contributed by atoms with Gasteiger partial charge in [0.25, 0.3) is 0 Å². The van der Waals surface area contributed by atoms with Crippen LogP contribution in [0.25, 0.3) is 0 Å². The molecular weight excluding hydrogens is 370 g/mol. The van der Waals surface area contributed by atoms with Crippen molar-refractivity contribution in [2.75, 3.05) is 0 Å². The maximum atomic E-state index is 13.3. The van der Waals surface area contributed by atoms with Gasteiger partial charge in [-0.1, -0.05) is 6.07 Å². The van der Waals surface area contributed by atoms with Crippen LogP contribution in [-0.4, -0.2) is 5.78 Å². The molecule has 0 radical (unpaired) electrons. The van der Waals surface area contributed by atoms with Gasteiger partial charge in [0.2, 0.25) is 0 Å². The standard InChI is InChI=1S/C13H6Br2F2O/c14-9-6-7(4-5-10(9)16)13(18)8-2-1-3-11(17)12(8)15/h1-6H. The highest BCUT2D eigenvalue weighted by Gasteiger charge is 2.16. The molecule has 0 spiro atoms. The Morgan fingerprint density at radius 3 is 2.39 bits per heavy atom. The topological polar surface area (TPSA) is 17.1 Å². The summed E-state index contributed by atoms with van der Waals surface area (Å²) in [6.45, 7) is 0. The van der Waals surface area contributed by atoms with Crippen LogP contribution in [0, 0.1) is 11.6 Å². The average Bonchev–Trinajstić information content (AvgIpc) is 2.35. The average molecular weight is 376 g/mol. The zero-order chi connectivity index (χ0) is 13.3. The van der Waals surface area contributed by atoms with Gasteiger partial charge in [-0.2, -0.15) is 0 Å². The summed E-state index contributed by atoms with van der Waals surface area (Å²) in [5.41, 5.74) is 0.489. The molecule has 2 rings (SSSR count). The van der Waals surface area contributed by atoms with Gasteiger partial charge >= 0.3 is 0 Å². The third-order valence-corrected chi connectivity index (χ3v) is 3.79. The molecule has 0 unspecified atom stereocenters. The lowest BCUT2D eigenvalue weighted by atomic mass is 10.0. The van der Waals surface area contributed by atoms with Crippen molar-refractivity contribution < 1.29 is 13.6 Å². The van der Waals surface area contributed by atoms with E-state index in [0.29, 0.717) is 0 Å². The van der Waals surface area contributed by atoms with E-state index >= 15 is 0 Å². The lowest BCUT2D eigenvalue weighted by Gasteiger charge is -2.05. The Kier molecular flexibility index (Phi) is 3.92. The molecule has 18 heavy (non-hydrogen) atoms. The van der Waals surface area contributed by atoms with Crippen molar-refractivity contribution in [3.8, 4) is 0 Å². The van der Waals surface area contributed by atoms with Crippen LogP contribution in [0.3, 0.4) is 0 Å². The number of hydrogen-bond acceptors (Lipinski definition) is 1. The van der Waals surface area contributed by atoms with E-state index in [0.717, 1.165) is 0 Å². The molecule has 0 fully saturated rings. The molecular formula is C13H6Br2F2O. The first-order chi connectivity index (χ1) is 8.50. The summed E-state index contributed by atoms with van der Waals surface area (Å²) in [5.74, 6) is -1.34. The molecule has 0 heterocycles. The van der Waals surface area contributed by atoms with Crippen molar-refractivity contribution in [2.45, 2.75) is 0 Å². The van der Waals surface area contributed by atoms with E-state index in [1.165, 1.54) is 36.4 Å². The molecule has 1 nitrogen and oxygen atoms in total. The monoisotopic (exact) mass is 374 g/mol. The molecule has 0 atom stereocenters. The first kappa shape index (κ1) is 13.4. The second-order valence-corrected chi connectivity index (χ2v) is 5.21. The van der Waals surface area contributed by atoms with Crippen LogP contribution < -0.4 is 0 Å². The molecule has 0 amide bonds. The van der Waals surface area contributed by atoms with Crippen LogP contribution in [-0.2, 0) is 0 Å².